The Morgan fingerprint density at radius 2 is 1.64 bits per heavy atom. The molecule has 1 aliphatic carbocycles. The van der Waals surface area contributed by atoms with Crippen LogP contribution in [0, 0.1) is 44.4 Å². The van der Waals surface area contributed by atoms with Gasteiger partial charge in [0.25, 0.3) is 0 Å². The van der Waals surface area contributed by atoms with E-state index in [0.29, 0.717) is 22.9 Å². The van der Waals surface area contributed by atoms with Crippen molar-refractivity contribution >= 4 is 35.1 Å². The maximum absolute atomic E-state index is 13.1. The molecule has 0 radical (unpaired) electrons. The van der Waals surface area contributed by atoms with Crippen LogP contribution in [0.1, 0.15) is 49.3 Å². The second-order valence-corrected chi connectivity index (χ2v) is 10.7. The summed E-state index contributed by atoms with van der Waals surface area (Å²) in [5.41, 5.74) is 4.25. The Hall–Kier alpha value is -3.48. The third-order valence-electron chi connectivity index (χ3n) is 8.08. The molecular formula is C29H32N2O5. The molecule has 3 fully saturated rings. The smallest absolute Gasteiger partial charge is 0.316 e. The molecule has 0 unspecified atom stereocenters. The number of hydrogen-bond donors (Lipinski definition) is 0. The lowest BCUT2D eigenvalue weighted by molar-refractivity contribution is -0.139. The molecule has 188 valence electrons. The number of hydrogen-bond acceptors (Lipinski definition) is 5. The molecule has 3 aliphatic rings. The van der Waals surface area contributed by atoms with E-state index in [1.807, 2.05) is 32.0 Å². The Bertz CT molecular complexity index is 1270. The molecule has 0 aromatic heterocycles. The lowest BCUT2D eigenvalue weighted by atomic mass is 9.76. The molecule has 3 amide bonds. The van der Waals surface area contributed by atoms with Gasteiger partial charge in [0, 0.05) is 18.7 Å². The van der Waals surface area contributed by atoms with Crippen LogP contribution < -0.4 is 14.5 Å². The van der Waals surface area contributed by atoms with Gasteiger partial charge in [-0.05, 0) is 93.0 Å². The predicted molar refractivity (Wildman–Crippen MR) is 136 cm³/mol. The predicted octanol–water partition coefficient (Wildman–Crippen LogP) is 4.50. The fourth-order valence-corrected chi connectivity index (χ4v) is 5.78. The molecule has 4 atom stereocenters. The first-order chi connectivity index (χ1) is 17.1. The van der Waals surface area contributed by atoms with E-state index in [1.165, 1.54) is 4.90 Å². The molecule has 0 spiro atoms. The number of nitrogens with zero attached hydrogens (tertiary/aromatic N) is 2. The van der Waals surface area contributed by atoms with Crippen molar-refractivity contribution < 1.29 is 23.9 Å². The summed E-state index contributed by atoms with van der Waals surface area (Å²) < 4.78 is 5.63. The van der Waals surface area contributed by atoms with Crippen LogP contribution in [0.4, 0.5) is 11.4 Å². The largest absolute Gasteiger partial charge is 0.426 e. The van der Waals surface area contributed by atoms with Crippen LogP contribution in [0.3, 0.4) is 0 Å². The molecule has 7 heteroatoms. The van der Waals surface area contributed by atoms with Gasteiger partial charge in [-0.2, -0.15) is 0 Å². The Morgan fingerprint density at radius 3 is 2.36 bits per heavy atom. The van der Waals surface area contributed by atoms with Gasteiger partial charge in [0.2, 0.25) is 17.7 Å². The van der Waals surface area contributed by atoms with Gasteiger partial charge in [0.1, 0.15) is 5.75 Å². The minimum absolute atomic E-state index is 0.0980. The maximum atomic E-state index is 13.1. The number of ether oxygens (including phenoxy) is 1. The van der Waals surface area contributed by atoms with Crippen LogP contribution in [-0.4, -0.2) is 30.2 Å². The van der Waals surface area contributed by atoms with E-state index in [9.17, 15) is 19.2 Å². The summed E-state index contributed by atoms with van der Waals surface area (Å²) in [4.78, 5) is 54.6. The molecule has 2 saturated heterocycles. The van der Waals surface area contributed by atoms with Crippen LogP contribution in [0.25, 0.3) is 0 Å². The molecule has 0 N–H and O–H groups in total. The first-order valence-corrected chi connectivity index (χ1v) is 12.7. The minimum Gasteiger partial charge on any atom is -0.426 e. The fraction of sp³-hybridized carbons (Fsp3) is 0.448. The van der Waals surface area contributed by atoms with Crippen LogP contribution in [0.5, 0.6) is 5.75 Å². The highest BCUT2D eigenvalue weighted by Gasteiger charge is 2.50. The lowest BCUT2D eigenvalue weighted by Crippen LogP contribution is -2.31. The van der Waals surface area contributed by atoms with Crippen molar-refractivity contribution in [3.05, 3.63) is 53.1 Å². The number of carbonyl (C=O) groups excluding carboxylic acids is 4. The van der Waals surface area contributed by atoms with Crippen molar-refractivity contribution in [1.82, 2.24) is 0 Å². The summed E-state index contributed by atoms with van der Waals surface area (Å²) in [6.07, 6.45) is 2.56. The summed E-state index contributed by atoms with van der Waals surface area (Å²) >= 11 is 0. The molecule has 2 aromatic carbocycles. The molecule has 5 rings (SSSR count). The zero-order valence-corrected chi connectivity index (χ0v) is 21.2. The van der Waals surface area contributed by atoms with Crippen LogP contribution in [0.2, 0.25) is 0 Å². The molecule has 0 bridgehead atoms. The minimum atomic E-state index is -0.564. The summed E-state index contributed by atoms with van der Waals surface area (Å²) in [7, 11) is 0. The maximum Gasteiger partial charge on any atom is 0.316 e. The summed E-state index contributed by atoms with van der Waals surface area (Å²) in [5.74, 6) is -1.07. The van der Waals surface area contributed by atoms with Crippen molar-refractivity contribution in [3.8, 4) is 5.75 Å². The fourth-order valence-electron chi connectivity index (χ4n) is 5.78. The van der Waals surface area contributed by atoms with E-state index in [0.717, 1.165) is 36.1 Å². The van der Waals surface area contributed by atoms with Gasteiger partial charge < -0.3 is 9.64 Å². The molecule has 1 saturated carbocycles. The van der Waals surface area contributed by atoms with E-state index in [-0.39, 0.29) is 42.5 Å². The van der Waals surface area contributed by atoms with Gasteiger partial charge in [-0.1, -0.05) is 13.0 Å². The van der Waals surface area contributed by atoms with Crippen LogP contribution >= 0.6 is 0 Å². The Morgan fingerprint density at radius 1 is 0.889 bits per heavy atom. The monoisotopic (exact) mass is 488 g/mol. The van der Waals surface area contributed by atoms with E-state index in [1.54, 1.807) is 30.0 Å². The first-order valence-electron chi connectivity index (χ1n) is 12.7. The molecular weight excluding hydrogens is 456 g/mol. The zero-order valence-electron chi connectivity index (χ0n) is 21.2. The normalized spacial score (nSPS) is 25.9. The first kappa shape index (κ1) is 24.2. The van der Waals surface area contributed by atoms with E-state index < -0.39 is 11.9 Å². The average molecular weight is 489 g/mol. The molecule has 2 aromatic rings. The number of amides is 3. The van der Waals surface area contributed by atoms with Gasteiger partial charge >= 0.3 is 5.97 Å². The van der Waals surface area contributed by atoms with E-state index >= 15 is 0 Å². The van der Waals surface area contributed by atoms with Crippen molar-refractivity contribution in [3.63, 3.8) is 0 Å². The third kappa shape index (κ3) is 4.21. The van der Waals surface area contributed by atoms with Gasteiger partial charge in [0.05, 0.1) is 23.4 Å². The quantitative estimate of drug-likeness (QED) is 0.360. The standard InChI is InChI=1S/C29H32N2O5/c1-16-5-9-23-24(11-16)28(34)31(27(23)33)25-10-8-22(13-19(25)4)36-29(35)20-14-26(32)30(15-20)21-7-6-17(2)18(3)12-21/h6-8,10,12-13,16,20,23-24H,5,9,11,14-15H2,1-4H3/t16-,20-,23-,24-/m1/s1. The highest BCUT2D eigenvalue weighted by atomic mass is 16.5. The van der Waals surface area contributed by atoms with E-state index in [4.69, 9.17) is 4.74 Å². The van der Waals surface area contributed by atoms with Crippen LogP contribution in [0.15, 0.2) is 36.4 Å². The Kier molecular flexibility index (Phi) is 6.18. The van der Waals surface area contributed by atoms with Crippen LogP contribution in [-0.2, 0) is 19.2 Å². The second-order valence-electron chi connectivity index (χ2n) is 10.7. The number of esters is 1. The Balaban J connectivity index is 1.28. The number of carbonyl (C=O) groups is 4. The molecule has 7 nitrogen and oxygen atoms in total. The number of aryl methyl sites for hydroxylation is 3. The summed E-state index contributed by atoms with van der Waals surface area (Å²) in [5, 5.41) is 0. The van der Waals surface area contributed by atoms with E-state index in [2.05, 4.69) is 6.92 Å². The third-order valence-corrected chi connectivity index (χ3v) is 8.08. The van der Waals surface area contributed by atoms with Gasteiger partial charge in [-0.3, -0.25) is 19.2 Å². The van der Waals surface area contributed by atoms with Gasteiger partial charge in [-0.15, -0.1) is 0 Å². The Labute approximate surface area is 211 Å². The topological polar surface area (TPSA) is 84.0 Å². The van der Waals surface area contributed by atoms with Crippen molar-refractivity contribution in [2.24, 2.45) is 23.7 Å². The summed E-state index contributed by atoms with van der Waals surface area (Å²) in [6, 6.07) is 10.8. The number of rotatable bonds is 4. The van der Waals surface area contributed by atoms with Gasteiger partial charge in [-0.25, -0.2) is 4.90 Å². The molecule has 2 aliphatic heterocycles. The van der Waals surface area contributed by atoms with Crippen molar-refractivity contribution in [1.29, 1.82) is 0 Å². The second kappa shape index (κ2) is 9.19. The summed E-state index contributed by atoms with van der Waals surface area (Å²) in [6.45, 7) is 8.22. The van der Waals surface area contributed by atoms with Crippen molar-refractivity contribution in [2.75, 3.05) is 16.3 Å². The number of benzene rings is 2. The number of fused-ring (bicyclic) bond motifs is 1. The van der Waals surface area contributed by atoms with Crippen molar-refractivity contribution in [2.45, 2.75) is 53.4 Å². The lowest BCUT2D eigenvalue weighted by Gasteiger charge is -2.25. The zero-order chi connectivity index (χ0) is 25.7. The highest BCUT2D eigenvalue weighted by molar-refractivity contribution is 6.22. The molecule has 2 heterocycles. The molecule has 36 heavy (non-hydrogen) atoms. The van der Waals surface area contributed by atoms with Gasteiger partial charge in [0.15, 0.2) is 0 Å². The SMILES string of the molecule is Cc1ccc(N2C[C@H](C(=O)Oc3ccc(N4C(=O)[C@@H]5CC[C@@H](C)C[C@H]5C4=O)c(C)c3)CC2=O)cc1C. The number of imide groups is 1. The number of anilines is 2. The average Bonchev–Trinajstić information content (AvgIpc) is 3.33. The highest BCUT2D eigenvalue weighted by Crippen LogP contribution is 2.43.